The minimum Gasteiger partial charge on any atom is -0.491 e. The quantitative estimate of drug-likeness (QED) is 0.807. The highest BCUT2D eigenvalue weighted by molar-refractivity contribution is 5.87. The Labute approximate surface area is 144 Å². The summed E-state index contributed by atoms with van der Waals surface area (Å²) in [6.07, 6.45) is 4.40. The van der Waals surface area contributed by atoms with Gasteiger partial charge in [0, 0.05) is 13.5 Å². The van der Waals surface area contributed by atoms with Gasteiger partial charge in [-0.05, 0) is 50.3 Å². The van der Waals surface area contributed by atoms with E-state index < -0.39 is 6.04 Å². The van der Waals surface area contributed by atoms with Crippen molar-refractivity contribution in [1.82, 2.24) is 10.6 Å². The van der Waals surface area contributed by atoms with Crippen LogP contribution in [0.25, 0.3) is 0 Å². The number of hydrogen-bond donors (Lipinski definition) is 2. The lowest BCUT2D eigenvalue weighted by Gasteiger charge is -2.23. The summed E-state index contributed by atoms with van der Waals surface area (Å²) in [5, 5.41) is 5.76. The molecular formula is C19H28N2O3. The third kappa shape index (κ3) is 5.55. The standard InChI is InChI=1S/C19H28N2O3/c1-13(2)24-17-10-8-15(9-11-17)12-20-19(23)18(21-14(3)22)16-6-4-5-7-16/h8-11,13,16,18H,4-7,12H2,1-3H3,(H,20,23)(H,21,22). The molecule has 1 fully saturated rings. The molecule has 1 aliphatic carbocycles. The maximum absolute atomic E-state index is 12.5. The lowest BCUT2D eigenvalue weighted by Crippen LogP contribution is -2.49. The molecule has 2 amide bonds. The smallest absolute Gasteiger partial charge is 0.243 e. The van der Waals surface area contributed by atoms with E-state index in [9.17, 15) is 9.59 Å². The molecule has 132 valence electrons. The van der Waals surface area contributed by atoms with Crippen molar-refractivity contribution in [3.05, 3.63) is 29.8 Å². The number of amides is 2. The first-order chi connectivity index (χ1) is 11.5. The zero-order valence-electron chi connectivity index (χ0n) is 14.8. The monoisotopic (exact) mass is 332 g/mol. The lowest BCUT2D eigenvalue weighted by atomic mass is 9.97. The fourth-order valence-electron chi connectivity index (χ4n) is 3.16. The topological polar surface area (TPSA) is 67.4 Å². The van der Waals surface area contributed by atoms with Crippen molar-refractivity contribution in [3.8, 4) is 5.75 Å². The summed E-state index contributed by atoms with van der Waals surface area (Å²) >= 11 is 0. The lowest BCUT2D eigenvalue weighted by molar-refractivity contribution is -0.129. The van der Waals surface area contributed by atoms with Gasteiger partial charge in [0.2, 0.25) is 11.8 Å². The maximum Gasteiger partial charge on any atom is 0.243 e. The Balaban J connectivity index is 1.90. The molecule has 24 heavy (non-hydrogen) atoms. The maximum atomic E-state index is 12.5. The number of benzene rings is 1. The van der Waals surface area contributed by atoms with E-state index in [0.717, 1.165) is 37.0 Å². The van der Waals surface area contributed by atoms with Crippen molar-refractivity contribution in [3.63, 3.8) is 0 Å². The van der Waals surface area contributed by atoms with E-state index in [4.69, 9.17) is 4.74 Å². The summed E-state index contributed by atoms with van der Waals surface area (Å²) in [7, 11) is 0. The van der Waals surface area contributed by atoms with Gasteiger partial charge in [0.05, 0.1) is 6.10 Å². The van der Waals surface area contributed by atoms with Crippen molar-refractivity contribution in [2.75, 3.05) is 0 Å². The number of nitrogens with one attached hydrogen (secondary N) is 2. The van der Waals surface area contributed by atoms with E-state index in [0.29, 0.717) is 6.54 Å². The fourth-order valence-corrected chi connectivity index (χ4v) is 3.16. The number of carbonyl (C=O) groups excluding carboxylic acids is 2. The van der Waals surface area contributed by atoms with E-state index >= 15 is 0 Å². The average Bonchev–Trinajstić information content (AvgIpc) is 3.05. The van der Waals surface area contributed by atoms with Gasteiger partial charge in [-0.1, -0.05) is 25.0 Å². The molecule has 5 nitrogen and oxygen atoms in total. The van der Waals surface area contributed by atoms with Gasteiger partial charge >= 0.3 is 0 Å². The fraction of sp³-hybridized carbons (Fsp3) is 0.579. The molecule has 0 spiro atoms. The molecule has 0 bridgehead atoms. The largest absolute Gasteiger partial charge is 0.491 e. The van der Waals surface area contributed by atoms with Crippen LogP contribution in [-0.2, 0) is 16.1 Å². The molecule has 0 aromatic heterocycles. The molecule has 1 aliphatic rings. The Bertz CT molecular complexity index is 548. The van der Waals surface area contributed by atoms with Crippen molar-refractivity contribution in [2.45, 2.75) is 65.1 Å². The van der Waals surface area contributed by atoms with Gasteiger partial charge < -0.3 is 15.4 Å². The van der Waals surface area contributed by atoms with Crippen LogP contribution in [-0.4, -0.2) is 24.0 Å². The van der Waals surface area contributed by atoms with E-state index in [1.54, 1.807) is 0 Å². The second-order valence-corrected chi connectivity index (χ2v) is 6.75. The molecule has 2 N–H and O–H groups in total. The molecule has 1 atom stereocenters. The van der Waals surface area contributed by atoms with Gasteiger partial charge in [0.15, 0.2) is 0 Å². The molecule has 0 saturated heterocycles. The third-order valence-corrected chi connectivity index (χ3v) is 4.27. The van der Waals surface area contributed by atoms with E-state index in [2.05, 4.69) is 10.6 Å². The van der Waals surface area contributed by atoms with E-state index in [1.165, 1.54) is 6.92 Å². The summed E-state index contributed by atoms with van der Waals surface area (Å²) < 4.78 is 5.61. The first-order valence-electron chi connectivity index (χ1n) is 8.76. The van der Waals surface area contributed by atoms with Crippen LogP contribution in [0.1, 0.15) is 52.0 Å². The van der Waals surface area contributed by atoms with Crippen molar-refractivity contribution < 1.29 is 14.3 Å². The summed E-state index contributed by atoms with van der Waals surface area (Å²) in [6.45, 7) is 5.88. The van der Waals surface area contributed by atoms with Gasteiger partial charge in [-0.25, -0.2) is 0 Å². The molecule has 0 aliphatic heterocycles. The van der Waals surface area contributed by atoms with Crippen molar-refractivity contribution in [1.29, 1.82) is 0 Å². The zero-order valence-corrected chi connectivity index (χ0v) is 14.8. The molecule has 0 heterocycles. The molecule has 5 heteroatoms. The first-order valence-corrected chi connectivity index (χ1v) is 8.76. The van der Waals surface area contributed by atoms with Crippen LogP contribution in [0.15, 0.2) is 24.3 Å². The summed E-state index contributed by atoms with van der Waals surface area (Å²) in [6, 6.07) is 7.28. The van der Waals surface area contributed by atoms with Crippen LogP contribution in [0, 0.1) is 5.92 Å². The minimum atomic E-state index is -0.423. The Morgan fingerprint density at radius 2 is 1.79 bits per heavy atom. The van der Waals surface area contributed by atoms with Crippen LogP contribution in [0.2, 0.25) is 0 Å². The summed E-state index contributed by atoms with van der Waals surface area (Å²) in [4.78, 5) is 23.9. The Morgan fingerprint density at radius 1 is 1.17 bits per heavy atom. The second kappa shape index (κ2) is 8.71. The van der Waals surface area contributed by atoms with Gasteiger partial charge in [-0.15, -0.1) is 0 Å². The Kier molecular flexibility index (Phi) is 6.64. The predicted molar refractivity (Wildman–Crippen MR) is 93.6 cm³/mol. The highest BCUT2D eigenvalue weighted by atomic mass is 16.5. The third-order valence-electron chi connectivity index (χ3n) is 4.27. The van der Waals surface area contributed by atoms with Crippen LogP contribution < -0.4 is 15.4 Å². The predicted octanol–water partition coefficient (Wildman–Crippen LogP) is 2.78. The summed E-state index contributed by atoms with van der Waals surface area (Å²) in [5.74, 6) is 0.815. The van der Waals surface area contributed by atoms with Gasteiger partial charge in [-0.3, -0.25) is 9.59 Å². The number of ether oxygens (including phenoxy) is 1. The number of rotatable bonds is 7. The van der Waals surface area contributed by atoms with Crippen LogP contribution in [0.3, 0.4) is 0 Å². The molecule has 1 aromatic rings. The molecule has 2 rings (SSSR count). The Morgan fingerprint density at radius 3 is 2.33 bits per heavy atom. The van der Waals surface area contributed by atoms with E-state index in [-0.39, 0.29) is 23.8 Å². The minimum absolute atomic E-state index is 0.0976. The first kappa shape index (κ1) is 18.3. The molecule has 0 radical (unpaired) electrons. The van der Waals surface area contributed by atoms with E-state index in [1.807, 2.05) is 38.1 Å². The number of hydrogen-bond acceptors (Lipinski definition) is 3. The number of carbonyl (C=O) groups is 2. The normalized spacial score (nSPS) is 16.0. The summed E-state index contributed by atoms with van der Waals surface area (Å²) in [5.41, 5.74) is 1.01. The van der Waals surface area contributed by atoms with Crippen LogP contribution in [0.4, 0.5) is 0 Å². The van der Waals surface area contributed by atoms with Gasteiger partial charge in [0.1, 0.15) is 11.8 Å². The van der Waals surface area contributed by atoms with Gasteiger partial charge in [0.25, 0.3) is 0 Å². The zero-order chi connectivity index (χ0) is 17.5. The van der Waals surface area contributed by atoms with Crippen LogP contribution >= 0.6 is 0 Å². The van der Waals surface area contributed by atoms with Gasteiger partial charge in [-0.2, -0.15) is 0 Å². The van der Waals surface area contributed by atoms with Crippen LogP contribution in [0.5, 0.6) is 5.75 Å². The van der Waals surface area contributed by atoms with Crippen molar-refractivity contribution in [2.24, 2.45) is 5.92 Å². The molecular weight excluding hydrogens is 304 g/mol. The van der Waals surface area contributed by atoms with Crippen molar-refractivity contribution >= 4 is 11.8 Å². The highest BCUT2D eigenvalue weighted by Gasteiger charge is 2.31. The average molecular weight is 332 g/mol. The molecule has 1 unspecified atom stereocenters. The molecule has 1 saturated carbocycles. The SMILES string of the molecule is CC(=O)NC(C(=O)NCc1ccc(OC(C)C)cc1)C1CCCC1. The second-order valence-electron chi connectivity index (χ2n) is 6.75. The molecule has 1 aromatic carbocycles. The Hall–Kier alpha value is -2.04. The highest BCUT2D eigenvalue weighted by Crippen LogP contribution is 2.28.